The van der Waals surface area contributed by atoms with Gasteiger partial charge >= 0.3 is 0 Å². The highest BCUT2D eigenvalue weighted by Crippen LogP contribution is 2.25. The van der Waals surface area contributed by atoms with Gasteiger partial charge in [0.25, 0.3) is 0 Å². The van der Waals surface area contributed by atoms with Crippen molar-refractivity contribution in [3.05, 3.63) is 23.4 Å². The molecule has 1 aromatic rings. The number of nitrogens with zero attached hydrogens (tertiary/aromatic N) is 4. The molecule has 6 nitrogen and oxygen atoms in total. The van der Waals surface area contributed by atoms with Crippen molar-refractivity contribution in [1.29, 1.82) is 0 Å². The molecule has 2 N–H and O–H groups in total. The van der Waals surface area contributed by atoms with Crippen LogP contribution in [0.4, 0.5) is 5.82 Å². The summed E-state index contributed by atoms with van der Waals surface area (Å²) in [7, 11) is 4.07. The summed E-state index contributed by atoms with van der Waals surface area (Å²) in [6, 6.07) is 4.88. The molecule has 2 fully saturated rings. The highest BCUT2D eigenvalue weighted by molar-refractivity contribution is 14.0. The molecule has 1 saturated heterocycles. The lowest BCUT2D eigenvalue weighted by Gasteiger charge is -2.25. The molecule has 2 aliphatic rings. The van der Waals surface area contributed by atoms with Crippen LogP contribution in [0.3, 0.4) is 0 Å². The molecular formula is C19H32ClIN6. The van der Waals surface area contributed by atoms with E-state index in [4.69, 9.17) is 11.6 Å². The van der Waals surface area contributed by atoms with Gasteiger partial charge in [-0.1, -0.05) is 24.4 Å². The molecule has 0 spiro atoms. The van der Waals surface area contributed by atoms with Gasteiger partial charge < -0.3 is 20.4 Å². The predicted molar refractivity (Wildman–Crippen MR) is 125 cm³/mol. The molecule has 1 aliphatic carbocycles. The van der Waals surface area contributed by atoms with Crippen LogP contribution in [-0.4, -0.2) is 68.2 Å². The smallest absolute Gasteiger partial charge is 0.191 e. The Hall–Kier alpha value is -0.800. The first kappa shape index (κ1) is 22.5. The number of aliphatic imine (C=N–C) groups is 1. The number of pyridine rings is 1. The number of hydrogen-bond acceptors (Lipinski definition) is 4. The Kier molecular flexibility index (Phi) is 9.38. The van der Waals surface area contributed by atoms with E-state index in [1.165, 1.54) is 25.7 Å². The maximum absolute atomic E-state index is 6.27. The van der Waals surface area contributed by atoms with Crippen molar-refractivity contribution >= 4 is 47.4 Å². The summed E-state index contributed by atoms with van der Waals surface area (Å²) >= 11 is 6.27. The highest BCUT2D eigenvalue weighted by atomic mass is 127. The van der Waals surface area contributed by atoms with Crippen LogP contribution >= 0.6 is 35.6 Å². The molecule has 2 heterocycles. The number of rotatable bonds is 6. The van der Waals surface area contributed by atoms with Crippen LogP contribution in [0.15, 0.2) is 23.3 Å². The number of guanidine groups is 1. The minimum Gasteiger partial charge on any atom is -0.355 e. The van der Waals surface area contributed by atoms with Crippen molar-refractivity contribution in [3.63, 3.8) is 0 Å². The number of hydrogen-bond donors (Lipinski definition) is 2. The van der Waals surface area contributed by atoms with E-state index in [2.05, 4.69) is 37.5 Å². The molecule has 27 heavy (non-hydrogen) atoms. The fourth-order valence-corrected chi connectivity index (χ4v) is 4.19. The average molecular weight is 507 g/mol. The van der Waals surface area contributed by atoms with E-state index in [9.17, 15) is 0 Å². The van der Waals surface area contributed by atoms with E-state index in [0.717, 1.165) is 50.4 Å². The number of anilines is 1. The quantitative estimate of drug-likeness (QED) is 0.353. The largest absolute Gasteiger partial charge is 0.355 e. The van der Waals surface area contributed by atoms with Gasteiger partial charge in [-0.3, -0.25) is 4.99 Å². The van der Waals surface area contributed by atoms with Crippen LogP contribution < -0.4 is 15.5 Å². The minimum absolute atomic E-state index is 0. The highest BCUT2D eigenvalue weighted by Gasteiger charge is 2.25. The Labute approximate surface area is 185 Å². The van der Waals surface area contributed by atoms with Gasteiger partial charge in [0.2, 0.25) is 0 Å². The van der Waals surface area contributed by atoms with Crippen molar-refractivity contribution in [2.75, 3.05) is 45.2 Å². The third-order valence-corrected chi connectivity index (χ3v) is 5.79. The summed E-state index contributed by atoms with van der Waals surface area (Å²) in [5.41, 5.74) is 0. The first-order valence-electron chi connectivity index (χ1n) is 9.70. The molecular weight excluding hydrogens is 475 g/mol. The third-order valence-electron chi connectivity index (χ3n) is 5.50. The van der Waals surface area contributed by atoms with Crippen molar-refractivity contribution in [3.8, 4) is 0 Å². The lowest BCUT2D eigenvalue weighted by molar-refractivity contribution is 0.249. The molecule has 1 saturated carbocycles. The second-order valence-electron chi connectivity index (χ2n) is 7.30. The van der Waals surface area contributed by atoms with Crippen LogP contribution in [0.2, 0.25) is 5.02 Å². The normalized spacial score (nSPS) is 20.8. The molecule has 0 amide bonds. The lowest BCUT2D eigenvalue weighted by atomic mass is 10.2. The molecule has 8 heteroatoms. The van der Waals surface area contributed by atoms with Gasteiger partial charge in [-0.25, -0.2) is 4.98 Å². The van der Waals surface area contributed by atoms with Crippen LogP contribution in [0, 0.1) is 0 Å². The molecule has 152 valence electrons. The summed E-state index contributed by atoms with van der Waals surface area (Å²) in [6.07, 6.45) is 8.29. The SMILES string of the molecule is CN=C(NCCN(C)C1CCCC1)NC1CCN(c2ncccc2Cl)C1.I. The Bertz CT molecular complexity index is 608. The molecule has 0 aromatic carbocycles. The molecule has 1 aromatic heterocycles. The molecule has 0 bridgehead atoms. The van der Waals surface area contributed by atoms with Gasteiger partial charge in [0.05, 0.1) is 5.02 Å². The van der Waals surface area contributed by atoms with Crippen LogP contribution in [0.5, 0.6) is 0 Å². The first-order chi connectivity index (χ1) is 12.7. The number of nitrogens with one attached hydrogen (secondary N) is 2. The maximum atomic E-state index is 6.27. The Morgan fingerprint density at radius 2 is 2.15 bits per heavy atom. The standard InChI is InChI=1S/C19H31ClN6.HI/c1-21-19(23-11-13-25(2)16-6-3-4-7-16)24-15-9-12-26(14-15)18-17(20)8-5-10-22-18;/h5,8,10,15-16H,3-4,6-7,9,11-14H2,1-2H3,(H2,21,23,24);1H. The zero-order chi connectivity index (χ0) is 18.4. The monoisotopic (exact) mass is 506 g/mol. The van der Waals surface area contributed by atoms with Crippen LogP contribution in [0.25, 0.3) is 0 Å². The van der Waals surface area contributed by atoms with Crippen LogP contribution in [-0.2, 0) is 0 Å². The summed E-state index contributed by atoms with van der Waals surface area (Å²) in [6.45, 7) is 3.80. The summed E-state index contributed by atoms with van der Waals surface area (Å²) in [5.74, 6) is 1.75. The number of aromatic nitrogens is 1. The van der Waals surface area contributed by atoms with E-state index < -0.39 is 0 Å². The minimum atomic E-state index is 0. The summed E-state index contributed by atoms with van der Waals surface area (Å²) in [4.78, 5) is 13.5. The van der Waals surface area contributed by atoms with Gasteiger partial charge in [-0.15, -0.1) is 24.0 Å². The van der Waals surface area contributed by atoms with E-state index >= 15 is 0 Å². The van der Waals surface area contributed by atoms with Gasteiger partial charge in [0, 0.05) is 51.5 Å². The Morgan fingerprint density at radius 1 is 1.37 bits per heavy atom. The van der Waals surface area contributed by atoms with Crippen molar-refractivity contribution < 1.29 is 0 Å². The van der Waals surface area contributed by atoms with Gasteiger partial charge in [-0.2, -0.15) is 0 Å². The Balaban J connectivity index is 0.00000261. The van der Waals surface area contributed by atoms with Gasteiger partial charge in [-0.05, 0) is 38.4 Å². The predicted octanol–water partition coefficient (Wildman–Crippen LogP) is 2.97. The van der Waals surface area contributed by atoms with E-state index in [1.807, 2.05) is 19.2 Å². The van der Waals surface area contributed by atoms with Crippen LogP contribution in [0.1, 0.15) is 32.1 Å². The second-order valence-corrected chi connectivity index (χ2v) is 7.71. The third kappa shape index (κ3) is 6.35. The average Bonchev–Trinajstić information content (AvgIpc) is 3.33. The fraction of sp³-hybridized carbons (Fsp3) is 0.684. The van der Waals surface area contributed by atoms with Gasteiger partial charge in [0.15, 0.2) is 5.96 Å². The molecule has 1 atom stereocenters. The topological polar surface area (TPSA) is 55.8 Å². The fourth-order valence-electron chi connectivity index (χ4n) is 3.95. The summed E-state index contributed by atoms with van der Waals surface area (Å²) in [5, 5.41) is 7.70. The molecule has 1 unspecified atom stereocenters. The number of halogens is 2. The zero-order valence-corrected chi connectivity index (χ0v) is 19.4. The molecule has 0 radical (unpaired) electrons. The van der Waals surface area contributed by atoms with E-state index in [1.54, 1.807) is 6.20 Å². The van der Waals surface area contributed by atoms with E-state index in [0.29, 0.717) is 11.1 Å². The lowest BCUT2D eigenvalue weighted by Crippen LogP contribution is -2.47. The zero-order valence-electron chi connectivity index (χ0n) is 16.3. The maximum Gasteiger partial charge on any atom is 0.191 e. The van der Waals surface area contributed by atoms with Gasteiger partial charge in [0.1, 0.15) is 5.82 Å². The van der Waals surface area contributed by atoms with Crippen molar-refractivity contribution in [2.45, 2.75) is 44.2 Å². The first-order valence-corrected chi connectivity index (χ1v) is 10.1. The van der Waals surface area contributed by atoms with E-state index in [-0.39, 0.29) is 24.0 Å². The number of likely N-dealkylation sites (N-methyl/N-ethyl adjacent to an activating group) is 1. The van der Waals surface area contributed by atoms with Crippen molar-refractivity contribution in [2.24, 2.45) is 4.99 Å². The molecule has 1 aliphatic heterocycles. The molecule has 3 rings (SSSR count). The van der Waals surface area contributed by atoms with Crippen molar-refractivity contribution in [1.82, 2.24) is 20.5 Å². The summed E-state index contributed by atoms with van der Waals surface area (Å²) < 4.78 is 0. The second kappa shape index (κ2) is 11.3. The Morgan fingerprint density at radius 3 is 2.85 bits per heavy atom.